The number of sulfonamides is 1. The van der Waals surface area contributed by atoms with Gasteiger partial charge in [0.2, 0.25) is 10.0 Å². The number of aliphatic hydroxyl groups is 1. The van der Waals surface area contributed by atoms with Gasteiger partial charge in [0.15, 0.2) is 0 Å². The zero-order valence-corrected chi connectivity index (χ0v) is 20.6. The number of hydrogen-bond donors (Lipinski definition) is 1. The lowest BCUT2D eigenvalue weighted by atomic mass is 9.98. The fraction of sp³-hybridized carbons (Fsp3) is 0.667. The Kier molecular flexibility index (Phi) is 8.75. The maximum absolute atomic E-state index is 13.5. The van der Waals surface area contributed by atoms with Crippen molar-refractivity contribution in [3.63, 3.8) is 0 Å². The molecule has 1 N–H and O–H groups in total. The fourth-order valence-electron chi connectivity index (χ4n) is 4.51. The summed E-state index contributed by atoms with van der Waals surface area (Å²) in [6, 6.07) is 4.71. The van der Waals surface area contributed by atoms with E-state index >= 15 is 0 Å². The summed E-state index contributed by atoms with van der Waals surface area (Å²) in [5.41, 5.74) is 0.894. The molecule has 0 spiro atoms. The minimum absolute atomic E-state index is 0.0468. The molecule has 1 aromatic carbocycles. The monoisotopic (exact) mass is 466 g/mol. The number of hydrogen-bond acceptors (Lipinski definition) is 6. The second-order valence-electron chi connectivity index (χ2n) is 9.22. The molecular formula is C24H38N2O5S. The molecule has 1 aromatic rings. The van der Waals surface area contributed by atoms with Crippen molar-refractivity contribution in [2.45, 2.75) is 50.7 Å². The summed E-state index contributed by atoms with van der Waals surface area (Å²) >= 11 is 0. The molecule has 3 atom stereocenters. The van der Waals surface area contributed by atoms with Crippen LogP contribution in [0.15, 0.2) is 29.2 Å². The molecule has 2 aliphatic rings. The van der Waals surface area contributed by atoms with Crippen LogP contribution in [0.1, 0.15) is 39.2 Å². The van der Waals surface area contributed by atoms with Gasteiger partial charge in [-0.3, -0.25) is 0 Å². The van der Waals surface area contributed by atoms with Crippen LogP contribution in [-0.2, 0) is 14.8 Å². The first-order valence-electron chi connectivity index (χ1n) is 11.6. The highest BCUT2D eigenvalue weighted by Crippen LogP contribution is 2.34. The summed E-state index contributed by atoms with van der Waals surface area (Å²) in [5.74, 6) is 0.943. The van der Waals surface area contributed by atoms with E-state index in [4.69, 9.17) is 9.47 Å². The molecule has 180 valence electrons. The van der Waals surface area contributed by atoms with Gasteiger partial charge in [-0.05, 0) is 57.4 Å². The van der Waals surface area contributed by atoms with E-state index < -0.39 is 16.1 Å². The van der Waals surface area contributed by atoms with E-state index in [1.165, 1.54) is 4.31 Å². The summed E-state index contributed by atoms with van der Waals surface area (Å²) in [7, 11) is -1.69. The molecule has 3 rings (SSSR count). The molecule has 0 aliphatic carbocycles. The predicted molar refractivity (Wildman–Crippen MR) is 126 cm³/mol. The third-order valence-electron chi connectivity index (χ3n) is 6.45. The first-order chi connectivity index (χ1) is 15.3. The molecule has 0 bridgehead atoms. The number of rotatable bonds is 7. The molecule has 2 aliphatic heterocycles. The van der Waals surface area contributed by atoms with Crippen LogP contribution in [0.5, 0.6) is 5.75 Å². The molecule has 1 fully saturated rings. The maximum atomic E-state index is 13.5. The van der Waals surface area contributed by atoms with Gasteiger partial charge < -0.3 is 19.5 Å². The topological polar surface area (TPSA) is 79.3 Å². The van der Waals surface area contributed by atoms with E-state index in [1.807, 2.05) is 26.0 Å². The van der Waals surface area contributed by atoms with Gasteiger partial charge in [-0.15, -0.1) is 0 Å². The Morgan fingerprint density at radius 1 is 1.28 bits per heavy atom. The highest BCUT2D eigenvalue weighted by molar-refractivity contribution is 7.89. The Bertz CT molecular complexity index is 882. The van der Waals surface area contributed by atoms with Crippen LogP contribution < -0.4 is 4.74 Å². The quantitative estimate of drug-likeness (QED) is 0.666. The van der Waals surface area contributed by atoms with Gasteiger partial charge in [-0.2, -0.15) is 4.31 Å². The minimum atomic E-state index is -3.80. The SMILES string of the molecule is C/C=C/c1ccc2c(c1)O[C@@H](CN(C)CC1CCOCC1)[C@H](C)CN([C@@H](C)CO)S2(=O)=O. The van der Waals surface area contributed by atoms with E-state index in [0.29, 0.717) is 24.8 Å². The zero-order chi connectivity index (χ0) is 23.3. The summed E-state index contributed by atoms with van der Waals surface area (Å²) in [5, 5.41) is 9.76. The Labute approximate surface area is 193 Å². The van der Waals surface area contributed by atoms with Gasteiger partial charge in [0.1, 0.15) is 16.7 Å². The first kappa shape index (κ1) is 25.2. The maximum Gasteiger partial charge on any atom is 0.247 e. The largest absolute Gasteiger partial charge is 0.487 e. The van der Waals surface area contributed by atoms with Gasteiger partial charge in [-0.25, -0.2) is 8.42 Å². The lowest BCUT2D eigenvalue weighted by Gasteiger charge is -2.38. The summed E-state index contributed by atoms with van der Waals surface area (Å²) in [4.78, 5) is 2.46. The number of nitrogens with zero attached hydrogens (tertiary/aromatic N) is 2. The number of benzene rings is 1. The Balaban J connectivity index is 1.91. The Morgan fingerprint density at radius 3 is 2.66 bits per heavy atom. The minimum Gasteiger partial charge on any atom is -0.487 e. The second kappa shape index (κ2) is 11.1. The summed E-state index contributed by atoms with van der Waals surface area (Å²) < 4.78 is 40.3. The molecule has 0 saturated carbocycles. The molecule has 0 amide bonds. The van der Waals surface area contributed by atoms with Crippen molar-refractivity contribution < 1.29 is 23.0 Å². The number of allylic oxidation sites excluding steroid dienone is 1. The number of ether oxygens (including phenoxy) is 2. The van der Waals surface area contributed by atoms with Gasteiger partial charge in [0.05, 0.1) is 6.61 Å². The molecule has 0 unspecified atom stereocenters. The van der Waals surface area contributed by atoms with Crippen LogP contribution in [0.3, 0.4) is 0 Å². The van der Waals surface area contributed by atoms with E-state index in [9.17, 15) is 13.5 Å². The molecule has 0 radical (unpaired) electrons. The lowest BCUT2D eigenvalue weighted by molar-refractivity contribution is 0.0402. The number of aliphatic hydroxyl groups excluding tert-OH is 1. The van der Waals surface area contributed by atoms with Crippen LogP contribution in [0.25, 0.3) is 6.08 Å². The summed E-state index contributed by atoms with van der Waals surface area (Å²) in [6.45, 7) is 9.08. The highest BCUT2D eigenvalue weighted by atomic mass is 32.2. The van der Waals surface area contributed by atoms with Crippen molar-refractivity contribution in [2.24, 2.45) is 11.8 Å². The summed E-state index contributed by atoms with van der Waals surface area (Å²) in [6.07, 6.45) is 5.81. The standard InChI is InChI=1S/C24H38N2O5S/c1-5-6-20-7-8-24-22(13-20)31-23(16-25(4)15-21-9-11-30-12-10-21)18(2)14-26(19(3)17-27)32(24,28)29/h5-8,13,18-19,21,23,27H,9-12,14-17H2,1-4H3/b6-5+/t18-,19+,23+/m1/s1. The Hall–Kier alpha value is -1.45. The van der Waals surface area contributed by atoms with E-state index in [2.05, 4.69) is 11.9 Å². The van der Waals surface area contributed by atoms with Gasteiger partial charge in [-0.1, -0.05) is 25.1 Å². The number of likely N-dealkylation sites (N-methyl/N-ethyl adjacent to an activating group) is 1. The fourth-order valence-corrected chi connectivity index (χ4v) is 6.33. The van der Waals surface area contributed by atoms with Crippen LogP contribution in [0, 0.1) is 11.8 Å². The smallest absolute Gasteiger partial charge is 0.247 e. The Morgan fingerprint density at radius 2 is 2.00 bits per heavy atom. The van der Waals surface area contributed by atoms with Crippen LogP contribution >= 0.6 is 0 Å². The van der Waals surface area contributed by atoms with Crippen molar-refractivity contribution in [2.75, 3.05) is 46.5 Å². The van der Waals surface area contributed by atoms with Crippen molar-refractivity contribution in [1.82, 2.24) is 9.21 Å². The normalized spacial score (nSPS) is 25.8. The predicted octanol–water partition coefficient (Wildman–Crippen LogP) is 2.85. The van der Waals surface area contributed by atoms with Crippen LogP contribution in [-0.4, -0.2) is 81.4 Å². The molecule has 7 nitrogen and oxygen atoms in total. The zero-order valence-electron chi connectivity index (χ0n) is 19.7. The average Bonchev–Trinajstić information content (AvgIpc) is 2.76. The first-order valence-corrected chi connectivity index (χ1v) is 13.0. The molecule has 8 heteroatoms. The second-order valence-corrected chi connectivity index (χ2v) is 11.1. The van der Waals surface area contributed by atoms with Gasteiger partial charge in [0, 0.05) is 44.8 Å². The van der Waals surface area contributed by atoms with E-state index in [1.54, 1.807) is 25.1 Å². The van der Waals surface area contributed by atoms with Crippen molar-refractivity contribution in [3.05, 3.63) is 29.8 Å². The third kappa shape index (κ3) is 5.91. The van der Waals surface area contributed by atoms with E-state index in [-0.39, 0.29) is 23.5 Å². The van der Waals surface area contributed by atoms with Gasteiger partial charge in [0.25, 0.3) is 0 Å². The van der Waals surface area contributed by atoms with E-state index in [0.717, 1.165) is 38.2 Å². The van der Waals surface area contributed by atoms with Crippen molar-refractivity contribution in [3.8, 4) is 5.75 Å². The third-order valence-corrected chi connectivity index (χ3v) is 8.47. The molecule has 2 heterocycles. The van der Waals surface area contributed by atoms with Crippen LogP contribution in [0.4, 0.5) is 0 Å². The number of fused-ring (bicyclic) bond motifs is 1. The molecular weight excluding hydrogens is 428 g/mol. The van der Waals surface area contributed by atoms with Gasteiger partial charge >= 0.3 is 0 Å². The lowest BCUT2D eigenvalue weighted by Crippen LogP contribution is -2.50. The van der Waals surface area contributed by atoms with Crippen molar-refractivity contribution in [1.29, 1.82) is 0 Å². The molecule has 1 saturated heterocycles. The van der Waals surface area contributed by atoms with Crippen molar-refractivity contribution >= 4 is 16.1 Å². The molecule has 32 heavy (non-hydrogen) atoms. The molecule has 0 aromatic heterocycles. The highest BCUT2D eigenvalue weighted by Gasteiger charge is 2.38. The average molecular weight is 467 g/mol. The van der Waals surface area contributed by atoms with Crippen LogP contribution in [0.2, 0.25) is 0 Å².